The molecule has 1 heterocycles. The molecule has 2 aromatic carbocycles. The lowest BCUT2D eigenvalue weighted by molar-refractivity contribution is -0.111. The van der Waals surface area contributed by atoms with E-state index in [1.165, 1.54) is 11.3 Å². The third kappa shape index (κ3) is 4.86. The molecule has 5 heteroatoms. The van der Waals surface area contributed by atoms with Crippen molar-refractivity contribution in [3.63, 3.8) is 0 Å². The normalized spacial score (nSPS) is 11.6. The van der Waals surface area contributed by atoms with Gasteiger partial charge in [0.1, 0.15) is 5.01 Å². The summed E-state index contributed by atoms with van der Waals surface area (Å²) < 4.78 is 0. The summed E-state index contributed by atoms with van der Waals surface area (Å²) in [4.78, 5) is 12.9. The Morgan fingerprint density at radius 1 is 1.04 bits per heavy atom. The van der Waals surface area contributed by atoms with Gasteiger partial charge in [-0.25, -0.2) is 0 Å². The molecule has 0 unspecified atom stereocenters. The molecule has 0 saturated carbocycles. The molecule has 3 rings (SSSR count). The van der Waals surface area contributed by atoms with E-state index in [2.05, 4.69) is 29.4 Å². The average Bonchev–Trinajstić information content (AvgIpc) is 3.07. The molecular weight excluding hydrogens is 342 g/mol. The molecule has 0 aliphatic heterocycles. The van der Waals surface area contributed by atoms with Crippen LogP contribution in [-0.4, -0.2) is 16.1 Å². The molecule has 132 valence electrons. The topological polar surface area (TPSA) is 54.9 Å². The van der Waals surface area contributed by atoms with Gasteiger partial charge in [-0.3, -0.25) is 10.1 Å². The van der Waals surface area contributed by atoms with Gasteiger partial charge < -0.3 is 0 Å². The lowest BCUT2D eigenvalue weighted by Crippen LogP contribution is -2.13. The Kier molecular flexibility index (Phi) is 5.92. The predicted molar refractivity (Wildman–Crippen MR) is 108 cm³/mol. The largest absolute Gasteiger partial charge is 0.296 e. The van der Waals surface area contributed by atoms with E-state index >= 15 is 0 Å². The SMILES string of the molecule is CC(C)Cc1nnc(NC(=O)/C(=C/c2ccccc2)c2ccccc2)s1. The molecule has 26 heavy (non-hydrogen) atoms. The molecule has 0 aliphatic rings. The van der Waals surface area contributed by atoms with Crippen molar-refractivity contribution in [2.75, 3.05) is 5.32 Å². The van der Waals surface area contributed by atoms with E-state index in [1.807, 2.05) is 66.7 Å². The van der Waals surface area contributed by atoms with Gasteiger partial charge in [-0.1, -0.05) is 85.8 Å². The quantitative estimate of drug-likeness (QED) is 0.500. The minimum Gasteiger partial charge on any atom is -0.296 e. The molecule has 0 spiro atoms. The Hall–Kier alpha value is -2.79. The van der Waals surface area contributed by atoms with Crippen molar-refractivity contribution in [1.82, 2.24) is 10.2 Å². The van der Waals surface area contributed by atoms with E-state index < -0.39 is 0 Å². The molecule has 3 aromatic rings. The minimum atomic E-state index is -0.188. The fourth-order valence-corrected chi connectivity index (χ4v) is 3.46. The van der Waals surface area contributed by atoms with Crippen LogP contribution in [0.3, 0.4) is 0 Å². The van der Waals surface area contributed by atoms with Crippen LogP contribution in [0.2, 0.25) is 0 Å². The zero-order chi connectivity index (χ0) is 18.4. The summed E-state index contributed by atoms with van der Waals surface area (Å²) in [5.74, 6) is 0.316. The maximum absolute atomic E-state index is 12.9. The highest BCUT2D eigenvalue weighted by molar-refractivity contribution is 7.15. The maximum atomic E-state index is 12.9. The van der Waals surface area contributed by atoms with Gasteiger partial charge in [0.05, 0.1) is 0 Å². The third-order valence-corrected chi connectivity index (χ3v) is 4.57. The first-order valence-electron chi connectivity index (χ1n) is 8.57. The van der Waals surface area contributed by atoms with Crippen LogP contribution in [0.4, 0.5) is 5.13 Å². The number of aromatic nitrogens is 2. The van der Waals surface area contributed by atoms with Crippen LogP contribution in [0, 0.1) is 5.92 Å². The van der Waals surface area contributed by atoms with Gasteiger partial charge in [-0.15, -0.1) is 10.2 Å². The number of anilines is 1. The van der Waals surface area contributed by atoms with Crippen molar-refractivity contribution in [1.29, 1.82) is 0 Å². The molecule has 1 aromatic heterocycles. The van der Waals surface area contributed by atoms with Crippen molar-refractivity contribution in [2.24, 2.45) is 5.92 Å². The second kappa shape index (κ2) is 8.54. The first-order valence-corrected chi connectivity index (χ1v) is 9.39. The summed E-state index contributed by atoms with van der Waals surface area (Å²) in [6.45, 7) is 4.27. The lowest BCUT2D eigenvalue weighted by Gasteiger charge is -2.08. The van der Waals surface area contributed by atoms with Crippen LogP contribution in [0.1, 0.15) is 30.0 Å². The first kappa shape index (κ1) is 18.0. The molecule has 0 aliphatic carbocycles. The van der Waals surface area contributed by atoms with Crippen molar-refractivity contribution >= 4 is 34.0 Å². The van der Waals surface area contributed by atoms with Crippen LogP contribution in [0.5, 0.6) is 0 Å². The van der Waals surface area contributed by atoms with E-state index in [0.29, 0.717) is 16.6 Å². The standard InChI is InChI=1S/C21H21N3OS/c1-15(2)13-19-23-24-21(26-19)22-20(25)18(17-11-7-4-8-12-17)14-16-9-5-3-6-10-16/h3-12,14-15H,13H2,1-2H3,(H,22,24,25)/b18-14+. The van der Waals surface area contributed by atoms with E-state index in [9.17, 15) is 4.79 Å². The zero-order valence-corrected chi connectivity index (χ0v) is 15.7. The Balaban J connectivity index is 1.86. The van der Waals surface area contributed by atoms with Crippen LogP contribution in [0.15, 0.2) is 60.7 Å². The number of rotatable bonds is 6. The second-order valence-corrected chi connectivity index (χ2v) is 7.45. The highest BCUT2D eigenvalue weighted by atomic mass is 32.1. The van der Waals surface area contributed by atoms with Crippen LogP contribution in [-0.2, 0) is 11.2 Å². The summed E-state index contributed by atoms with van der Waals surface area (Å²) in [5.41, 5.74) is 2.43. The van der Waals surface area contributed by atoms with Crippen molar-refractivity contribution in [3.05, 3.63) is 76.8 Å². The van der Waals surface area contributed by atoms with Gasteiger partial charge in [0.2, 0.25) is 5.13 Å². The molecule has 0 bridgehead atoms. The molecule has 0 atom stereocenters. The second-order valence-electron chi connectivity index (χ2n) is 6.39. The number of nitrogens with one attached hydrogen (secondary N) is 1. The van der Waals surface area contributed by atoms with Gasteiger partial charge in [0, 0.05) is 12.0 Å². The number of hydrogen-bond donors (Lipinski definition) is 1. The smallest absolute Gasteiger partial charge is 0.258 e. The molecule has 0 fully saturated rings. The van der Waals surface area contributed by atoms with Gasteiger partial charge in [0.25, 0.3) is 5.91 Å². The summed E-state index contributed by atoms with van der Waals surface area (Å²) in [6.07, 6.45) is 2.75. The van der Waals surface area contributed by atoms with Gasteiger partial charge in [0.15, 0.2) is 0 Å². The third-order valence-electron chi connectivity index (χ3n) is 3.71. The van der Waals surface area contributed by atoms with Crippen LogP contribution in [0.25, 0.3) is 11.6 Å². The number of hydrogen-bond acceptors (Lipinski definition) is 4. The van der Waals surface area contributed by atoms with E-state index in [1.54, 1.807) is 0 Å². The number of carbonyl (C=O) groups excluding carboxylic acids is 1. The first-order chi connectivity index (χ1) is 12.6. The van der Waals surface area contributed by atoms with Crippen LogP contribution < -0.4 is 5.32 Å². The maximum Gasteiger partial charge on any atom is 0.258 e. The van der Waals surface area contributed by atoms with Gasteiger partial charge in [-0.05, 0) is 23.1 Å². The molecule has 0 saturated heterocycles. The van der Waals surface area contributed by atoms with E-state index in [-0.39, 0.29) is 5.91 Å². The monoisotopic (exact) mass is 363 g/mol. The summed E-state index contributed by atoms with van der Waals surface area (Å²) in [6, 6.07) is 19.5. The highest BCUT2D eigenvalue weighted by Crippen LogP contribution is 2.23. The van der Waals surface area contributed by atoms with E-state index in [4.69, 9.17) is 0 Å². The van der Waals surface area contributed by atoms with Crippen molar-refractivity contribution < 1.29 is 4.79 Å². The van der Waals surface area contributed by atoms with Gasteiger partial charge in [-0.2, -0.15) is 0 Å². The average molecular weight is 363 g/mol. The lowest BCUT2D eigenvalue weighted by atomic mass is 10.0. The summed E-state index contributed by atoms with van der Waals surface area (Å²) in [5, 5.41) is 12.6. The molecule has 1 amide bonds. The summed E-state index contributed by atoms with van der Waals surface area (Å²) >= 11 is 1.43. The Morgan fingerprint density at radius 2 is 1.69 bits per heavy atom. The molecular formula is C21H21N3OS. The van der Waals surface area contributed by atoms with Gasteiger partial charge >= 0.3 is 0 Å². The number of benzene rings is 2. The molecule has 1 N–H and O–H groups in total. The highest BCUT2D eigenvalue weighted by Gasteiger charge is 2.15. The Bertz CT molecular complexity index is 886. The minimum absolute atomic E-state index is 0.188. The predicted octanol–water partition coefficient (Wildman–Crippen LogP) is 4.92. The number of carbonyl (C=O) groups is 1. The van der Waals surface area contributed by atoms with Crippen molar-refractivity contribution in [2.45, 2.75) is 20.3 Å². The zero-order valence-electron chi connectivity index (χ0n) is 14.8. The van der Waals surface area contributed by atoms with Crippen LogP contribution >= 0.6 is 11.3 Å². The van der Waals surface area contributed by atoms with Crippen molar-refractivity contribution in [3.8, 4) is 0 Å². The summed E-state index contributed by atoms with van der Waals surface area (Å²) in [7, 11) is 0. The Morgan fingerprint density at radius 3 is 2.35 bits per heavy atom. The Labute approximate surface area is 157 Å². The fraction of sp³-hybridized carbons (Fsp3) is 0.190. The fourth-order valence-electron chi connectivity index (χ4n) is 2.51. The number of nitrogens with zero attached hydrogens (tertiary/aromatic N) is 2. The molecule has 0 radical (unpaired) electrons. The molecule has 4 nitrogen and oxygen atoms in total. The van der Waals surface area contributed by atoms with E-state index in [0.717, 1.165) is 22.6 Å². The number of amides is 1.